The lowest BCUT2D eigenvalue weighted by Gasteiger charge is -2.30. The second-order valence-electron chi connectivity index (χ2n) is 5.31. The second-order valence-corrected chi connectivity index (χ2v) is 5.31. The summed E-state index contributed by atoms with van der Waals surface area (Å²) in [6.07, 6.45) is 1.76. The van der Waals surface area contributed by atoms with E-state index < -0.39 is 0 Å². The van der Waals surface area contributed by atoms with Gasteiger partial charge in [0.05, 0.1) is 12.8 Å². The Morgan fingerprint density at radius 3 is 2.38 bits per heavy atom. The zero-order valence-corrected chi connectivity index (χ0v) is 13.3. The molecule has 0 saturated heterocycles. The van der Waals surface area contributed by atoms with E-state index in [9.17, 15) is 0 Å². The van der Waals surface area contributed by atoms with Crippen molar-refractivity contribution in [1.29, 1.82) is 0 Å². The fraction of sp³-hybridized carbons (Fsp3) is 0.444. The quantitative estimate of drug-likeness (QED) is 0.801. The summed E-state index contributed by atoms with van der Waals surface area (Å²) in [5, 5.41) is 3.54. The average Bonchev–Trinajstić information content (AvgIpc) is 2.93. The zero-order valence-electron chi connectivity index (χ0n) is 13.3. The van der Waals surface area contributed by atoms with Gasteiger partial charge in [-0.2, -0.15) is 0 Å². The molecule has 1 aromatic carbocycles. The molecular weight excluding hydrogens is 260 g/mol. The van der Waals surface area contributed by atoms with Crippen LogP contribution >= 0.6 is 0 Å². The molecule has 1 unspecified atom stereocenters. The van der Waals surface area contributed by atoms with Gasteiger partial charge in [-0.1, -0.05) is 44.2 Å². The molecule has 0 saturated carbocycles. The van der Waals surface area contributed by atoms with E-state index in [0.717, 1.165) is 31.9 Å². The third-order valence-electron chi connectivity index (χ3n) is 4.03. The van der Waals surface area contributed by atoms with E-state index in [1.54, 1.807) is 6.26 Å². The summed E-state index contributed by atoms with van der Waals surface area (Å²) in [4.78, 5) is 2.48. The molecule has 114 valence electrons. The molecule has 0 spiro atoms. The maximum Gasteiger partial charge on any atom is 0.120 e. The Labute approximate surface area is 128 Å². The van der Waals surface area contributed by atoms with Crippen molar-refractivity contribution < 1.29 is 4.42 Å². The van der Waals surface area contributed by atoms with Crippen LogP contribution < -0.4 is 5.32 Å². The highest BCUT2D eigenvalue weighted by molar-refractivity contribution is 5.20. The highest BCUT2D eigenvalue weighted by Gasteiger charge is 2.17. The fourth-order valence-corrected chi connectivity index (χ4v) is 2.70. The highest BCUT2D eigenvalue weighted by Crippen LogP contribution is 2.19. The Kier molecular flexibility index (Phi) is 6.03. The molecule has 1 heterocycles. The maximum absolute atomic E-state index is 5.49. The van der Waals surface area contributed by atoms with Gasteiger partial charge in [0, 0.05) is 12.6 Å². The topological polar surface area (TPSA) is 28.4 Å². The van der Waals surface area contributed by atoms with Crippen molar-refractivity contribution in [2.24, 2.45) is 0 Å². The number of furan rings is 1. The smallest absolute Gasteiger partial charge is 0.120 e. The monoisotopic (exact) mass is 286 g/mol. The van der Waals surface area contributed by atoms with Crippen LogP contribution in [0.15, 0.2) is 47.1 Å². The van der Waals surface area contributed by atoms with Crippen LogP contribution in [0.5, 0.6) is 0 Å². The molecule has 0 aliphatic carbocycles. The van der Waals surface area contributed by atoms with Gasteiger partial charge in [0.2, 0.25) is 0 Å². The maximum atomic E-state index is 5.49. The van der Waals surface area contributed by atoms with E-state index in [1.165, 1.54) is 11.1 Å². The molecule has 21 heavy (non-hydrogen) atoms. The van der Waals surface area contributed by atoms with E-state index in [4.69, 9.17) is 4.42 Å². The van der Waals surface area contributed by atoms with Crippen LogP contribution in [0.25, 0.3) is 0 Å². The summed E-state index contributed by atoms with van der Waals surface area (Å²) < 4.78 is 5.49. The van der Waals surface area contributed by atoms with E-state index >= 15 is 0 Å². The van der Waals surface area contributed by atoms with Crippen molar-refractivity contribution in [3.8, 4) is 0 Å². The van der Waals surface area contributed by atoms with Gasteiger partial charge in [-0.15, -0.1) is 0 Å². The van der Waals surface area contributed by atoms with Crippen LogP contribution in [0.2, 0.25) is 0 Å². The average molecular weight is 286 g/mol. The standard InChI is InChI=1S/C18H26N2O/c1-4-20(5-2)17(16-9-7-6-8-10-16)13-19-14-18-15(3)11-12-21-18/h6-12,17,19H,4-5,13-14H2,1-3H3. The van der Waals surface area contributed by atoms with Crippen molar-refractivity contribution in [1.82, 2.24) is 10.2 Å². The van der Waals surface area contributed by atoms with Gasteiger partial charge in [0.1, 0.15) is 5.76 Å². The third-order valence-corrected chi connectivity index (χ3v) is 4.03. The van der Waals surface area contributed by atoms with Crippen molar-refractivity contribution in [3.63, 3.8) is 0 Å². The predicted octanol–water partition coefficient (Wildman–Crippen LogP) is 3.76. The Balaban J connectivity index is 2.01. The first kappa shape index (κ1) is 15.8. The number of nitrogens with one attached hydrogen (secondary N) is 1. The lowest BCUT2D eigenvalue weighted by Crippen LogP contribution is -2.35. The SMILES string of the molecule is CCN(CC)C(CNCc1occc1C)c1ccccc1. The first-order valence-electron chi connectivity index (χ1n) is 7.78. The normalized spacial score (nSPS) is 12.8. The highest BCUT2D eigenvalue weighted by atomic mass is 16.3. The van der Waals surface area contributed by atoms with E-state index in [2.05, 4.69) is 61.3 Å². The summed E-state index contributed by atoms with van der Waals surface area (Å²) in [6, 6.07) is 13.1. The van der Waals surface area contributed by atoms with Gasteiger partial charge < -0.3 is 9.73 Å². The molecule has 2 rings (SSSR count). The van der Waals surface area contributed by atoms with Crippen molar-refractivity contribution in [3.05, 3.63) is 59.5 Å². The summed E-state index contributed by atoms with van der Waals surface area (Å²) in [5.41, 5.74) is 2.58. The van der Waals surface area contributed by atoms with Crippen LogP contribution in [0.3, 0.4) is 0 Å². The largest absolute Gasteiger partial charge is 0.468 e. The van der Waals surface area contributed by atoms with Crippen LogP contribution in [0.4, 0.5) is 0 Å². The molecule has 1 N–H and O–H groups in total. The Morgan fingerprint density at radius 2 is 1.81 bits per heavy atom. The van der Waals surface area contributed by atoms with Gasteiger partial charge in [-0.05, 0) is 37.2 Å². The number of nitrogens with zero attached hydrogens (tertiary/aromatic N) is 1. The van der Waals surface area contributed by atoms with Crippen molar-refractivity contribution >= 4 is 0 Å². The lowest BCUT2D eigenvalue weighted by molar-refractivity contribution is 0.212. The summed E-state index contributed by atoms with van der Waals surface area (Å²) in [5.74, 6) is 1.03. The molecule has 3 nitrogen and oxygen atoms in total. The Bertz CT molecular complexity index is 517. The molecule has 0 amide bonds. The molecule has 0 aliphatic rings. The summed E-state index contributed by atoms with van der Waals surface area (Å²) in [6.45, 7) is 10.3. The first-order chi connectivity index (χ1) is 10.3. The predicted molar refractivity (Wildman–Crippen MR) is 87.3 cm³/mol. The molecule has 0 radical (unpaired) electrons. The number of hydrogen-bond donors (Lipinski definition) is 1. The number of hydrogen-bond acceptors (Lipinski definition) is 3. The van der Waals surface area contributed by atoms with Gasteiger partial charge in [0.25, 0.3) is 0 Å². The van der Waals surface area contributed by atoms with Crippen molar-refractivity contribution in [2.45, 2.75) is 33.4 Å². The molecule has 1 aromatic heterocycles. The van der Waals surface area contributed by atoms with Gasteiger partial charge in [-0.3, -0.25) is 4.90 Å². The van der Waals surface area contributed by atoms with Crippen LogP contribution in [0, 0.1) is 6.92 Å². The van der Waals surface area contributed by atoms with E-state index in [-0.39, 0.29) is 0 Å². The lowest BCUT2D eigenvalue weighted by atomic mass is 10.1. The minimum absolute atomic E-state index is 0.400. The van der Waals surface area contributed by atoms with E-state index in [0.29, 0.717) is 6.04 Å². The van der Waals surface area contributed by atoms with E-state index in [1.807, 2.05) is 6.07 Å². The fourth-order valence-electron chi connectivity index (χ4n) is 2.70. The number of likely N-dealkylation sites (N-methyl/N-ethyl adjacent to an activating group) is 1. The molecule has 1 atom stereocenters. The Hall–Kier alpha value is -1.58. The summed E-state index contributed by atoms with van der Waals surface area (Å²) >= 11 is 0. The second kappa shape index (κ2) is 8.01. The molecule has 3 heteroatoms. The summed E-state index contributed by atoms with van der Waals surface area (Å²) in [7, 11) is 0. The van der Waals surface area contributed by atoms with Gasteiger partial charge >= 0.3 is 0 Å². The van der Waals surface area contributed by atoms with Crippen molar-refractivity contribution in [2.75, 3.05) is 19.6 Å². The van der Waals surface area contributed by atoms with Crippen LogP contribution in [-0.4, -0.2) is 24.5 Å². The van der Waals surface area contributed by atoms with Gasteiger partial charge in [-0.25, -0.2) is 0 Å². The third kappa shape index (κ3) is 4.19. The minimum atomic E-state index is 0.400. The molecule has 2 aromatic rings. The molecule has 0 bridgehead atoms. The molecular formula is C18H26N2O. The van der Waals surface area contributed by atoms with Crippen LogP contribution in [-0.2, 0) is 6.54 Å². The zero-order chi connectivity index (χ0) is 15.1. The Morgan fingerprint density at radius 1 is 1.10 bits per heavy atom. The number of rotatable bonds is 8. The minimum Gasteiger partial charge on any atom is -0.468 e. The number of benzene rings is 1. The first-order valence-corrected chi connectivity index (χ1v) is 7.78. The molecule has 0 aliphatic heterocycles. The number of aryl methyl sites for hydroxylation is 1. The molecule has 0 fully saturated rings. The van der Waals surface area contributed by atoms with Gasteiger partial charge in [0.15, 0.2) is 0 Å². The van der Waals surface area contributed by atoms with Crippen LogP contribution in [0.1, 0.15) is 36.8 Å².